The van der Waals surface area contributed by atoms with Crippen molar-refractivity contribution in [1.29, 1.82) is 0 Å². The summed E-state index contributed by atoms with van der Waals surface area (Å²) in [5, 5.41) is 16.0. The molecule has 2 aliphatic heterocycles. The van der Waals surface area contributed by atoms with Crippen LogP contribution in [-0.2, 0) is 11.3 Å². The second-order valence-corrected chi connectivity index (χ2v) is 6.58. The summed E-state index contributed by atoms with van der Waals surface area (Å²) in [7, 11) is 0. The average molecular weight is 315 g/mol. The molecule has 2 aliphatic rings. The minimum Gasteiger partial charge on any atom is -0.378 e. The molecule has 1 aromatic carbocycles. The van der Waals surface area contributed by atoms with Crippen molar-refractivity contribution in [2.24, 2.45) is 5.92 Å². The number of aromatic nitrogens is 2. The van der Waals surface area contributed by atoms with Crippen LogP contribution in [0.2, 0.25) is 0 Å². The van der Waals surface area contributed by atoms with E-state index in [2.05, 4.69) is 10.1 Å². The van der Waals surface area contributed by atoms with E-state index in [0.717, 1.165) is 43.7 Å². The zero-order valence-corrected chi connectivity index (χ0v) is 13.3. The van der Waals surface area contributed by atoms with Crippen LogP contribution in [0.5, 0.6) is 0 Å². The standard InChI is InChI=1S/C17H21N3O3/c1-12-3-2-4-13(9-12)17-15(18-23-20(17)21)11-19-7-5-16-14(10-19)6-8-22-16/h2-4,9,14,16H,5-8,10-11H2,1H3/t14-,16+/m1/s1. The number of piperidine rings is 1. The molecule has 6 nitrogen and oxygen atoms in total. The van der Waals surface area contributed by atoms with Crippen LogP contribution in [0.1, 0.15) is 24.1 Å². The number of fused-ring (bicyclic) bond motifs is 1. The molecule has 0 saturated carbocycles. The quantitative estimate of drug-likeness (QED) is 0.809. The van der Waals surface area contributed by atoms with Crippen LogP contribution in [-0.4, -0.2) is 35.9 Å². The molecule has 0 bridgehead atoms. The van der Waals surface area contributed by atoms with E-state index in [9.17, 15) is 5.21 Å². The third kappa shape index (κ3) is 2.84. The Morgan fingerprint density at radius 1 is 1.39 bits per heavy atom. The predicted molar refractivity (Wildman–Crippen MR) is 83.4 cm³/mol. The maximum Gasteiger partial charge on any atom is 0.240 e. The Kier molecular flexibility index (Phi) is 3.79. The summed E-state index contributed by atoms with van der Waals surface area (Å²) < 4.78 is 10.6. The monoisotopic (exact) mass is 315 g/mol. The number of benzene rings is 1. The van der Waals surface area contributed by atoms with Crippen molar-refractivity contribution < 1.29 is 14.3 Å². The van der Waals surface area contributed by atoms with E-state index in [1.807, 2.05) is 31.2 Å². The molecular formula is C17H21N3O3. The van der Waals surface area contributed by atoms with Gasteiger partial charge in [0.15, 0.2) is 0 Å². The molecule has 0 unspecified atom stereocenters. The molecule has 122 valence electrons. The van der Waals surface area contributed by atoms with Crippen LogP contribution in [0.4, 0.5) is 0 Å². The number of hydrogen-bond donors (Lipinski definition) is 0. The molecule has 4 rings (SSSR count). The summed E-state index contributed by atoms with van der Waals surface area (Å²) in [5.74, 6) is 0.609. The highest BCUT2D eigenvalue weighted by Crippen LogP contribution is 2.30. The van der Waals surface area contributed by atoms with E-state index in [4.69, 9.17) is 9.37 Å². The van der Waals surface area contributed by atoms with E-state index >= 15 is 0 Å². The molecule has 0 spiro atoms. The van der Waals surface area contributed by atoms with Gasteiger partial charge in [-0.1, -0.05) is 23.8 Å². The van der Waals surface area contributed by atoms with Gasteiger partial charge in [0.1, 0.15) is 0 Å². The van der Waals surface area contributed by atoms with Gasteiger partial charge in [0.2, 0.25) is 11.4 Å². The van der Waals surface area contributed by atoms with Crippen molar-refractivity contribution in [3.05, 3.63) is 40.7 Å². The molecule has 1 aromatic heterocycles. The Morgan fingerprint density at radius 2 is 2.30 bits per heavy atom. The van der Waals surface area contributed by atoms with Crippen LogP contribution in [0.3, 0.4) is 0 Å². The lowest BCUT2D eigenvalue weighted by atomic mass is 9.94. The molecule has 2 atom stereocenters. The highest BCUT2D eigenvalue weighted by Gasteiger charge is 2.35. The van der Waals surface area contributed by atoms with Crippen molar-refractivity contribution in [2.75, 3.05) is 19.7 Å². The van der Waals surface area contributed by atoms with E-state index < -0.39 is 0 Å². The molecule has 2 aromatic rings. The third-order valence-electron chi connectivity index (χ3n) is 4.91. The van der Waals surface area contributed by atoms with E-state index in [-0.39, 0.29) is 0 Å². The maximum atomic E-state index is 12.0. The smallest absolute Gasteiger partial charge is 0.240 e. The molecule has 3 heterocycles. The topological polar surface area (TPSA) is 65.4 Å². The number of ether oxygens (including phenoxy) is 1. The molecule has 2 saturated heterocycles. The lowest BCUT2D eigenvalue weighted by molar-refractivity contribution is -0.793. The van der Waals surface area contributed by atoms with E-state index in [1.54, 1.807) is 0 Å². The van der Waals surface area contributed by atoms with Crippen molar-refractivity contribution >= 4 is 0 Å². The normalized spacial score (nSPS) is 24.7. The van der Waals surface area contributed by atoms with Crippen molar-refractivity contribution in [3.8, 4) is 11.3 Å². The first-order valence-corrected chi connectivity index (χ1v) is 8.20. The molecule has 23 heavy (non-hydrogen) atoms. The van der Waals surface area contributed by atoms with Crippen LogP contribution >= 0.6 is 0 Å². The summed E-state index contributed by atoms with van der Waals surface area (Å²) in [4.78, 5) is 2.88. The predicted octanol–water partition coefficient (Wildman–Crippen LogP) is 1.89. The fraction of sp³-hybridized carbons (Fsp3) is 0.529. The van der Waals surface area contributed by atoms with Crippen LogP contribution in [0.15, 0.2) is 28.9 Å². The van der Waals surface area contributed by atoms with Crippen molar-refractivity contribution in [3.63, 3.8) is 0 Å². The van der Waals surface area contributed by atoms with Gasteiger partial charge in [-0.2, -0.15) is 0 Å². The second kappa shape index (κ2) is 5.94. The Morgan fingerprint density at radius 3 is 3.17 bits per heavy atom. The Labute approximate surface area is 135 Å². The highest BCUT2D eigenvalue weighted by molar-refractivity contribution is 5.59. The lowest BCUT2D eigenvalue weighted by Crippen LogP contribution is -2.41. The van der Waals surface area contributed by atoms with Gasteiger partial charge in [-0.3, -0.25) is 9.53 Å². The summed E-state index contributed by atoms with van der Waals surface area (Å²) in [5.41, 5.74) is 3.20. The third-order valence-corrected chi connectivity index (χ3v) is 4.91. The van der Waals surface area contributed by atoms with Gasteiger partial charge >= 0.3 is 0 Å². The zero-order valence-electron chi connectivity index (χ0n) is 13.3. The average Bonchev–Trinajstić information content (AvgIpc) is 3.14. The molecular weight excluding hydrogens is 294 g/mol. The highest BCUT2D eigenvalue weighted by atomic mass is 16.8. The van der Waals surface area contributed by atoms with Gasteiger partial charge in [-0.25, -0.2) is 0 Å². The summed E-state index contributed by atoms with van der Waals surface area (Å²) in [6, 6.07) is 7.87. The zero-order chi connectivity index (χ0) is 15.8. The first kappa shape index (κ1) is 14.7. The van der Waals surface area contributed by atoms with Crippen LogP contribution in [0, 0.1) is 18.0 Å². The van der Waals surface area contributed by atoms with Gasteiger partial charge < -0.3 is 9.94 Å². The van der Waals surface area contributed by atoms with Gasteiger partial charge in [0.25, 0.3) is 0 Å². The summed E-state index contributed by atoms with van der Waals surface area (Å²) in [6.45, 7) is 5.51. The number of aryl methyl sites for hydroxylation is 1. The molecule has 6 heteroatoms. The number of nitrogens with zero attached hydrogens (tertiary/aromatic N) is 3. The van der Waals surface area contributed by atoms with Crippen molar-refractivity contribution in [2.45, 2.75) is 32.4 Å². The van der Waals surface area contributed by atoms with Gasteiger partial charge in [-0.05, 0) is 30.7 Å². The Balaban J connectivity index is 1.56. The fourth-order valence-corrected chi connectivity index (χ4v) is 3.75. The van der Waals surface area contributed by atoms with Crippen molar-refractivity contribution in [1.82, 2.24) is 10.1 Å². The number of likely N-dealkylation sites (tertiary alicyclic amines) is 1. The lowest BCUT2D eigenvalue weighted by Gasteiger charge is -2.33. The van der Waals surface area contributed by atoms with Gasteiger partial charge in [0, 0.05) is 36.3 Å². The minimum atomic E-state index is 0.421. The SMILES string of the molecule is Cc1cccc(-c2c(CN3CC[C@@H]4OCC[C@@H]4C3)no[n+]2[O-])c1. The summed E-state index contributed by atoms with van der Waals surface area (Å²) >= 11 is 0. The Hall–Kier alpha value is -1.92. The number of hydrogen-bond acceptors (Lipinski definition) is 5. The maximum absolute atomic E-state index is 12.0. The van der Waals surface area contributed by atoms with Gasteiger partial charge in [0.05, 0.1) is 12.6 Å². The number of rotatable bonds is 3. The second-order valence-electron chi connectivity index (χ2n) is 6.58. The molecule has 2 fully saturated rings. The van der Waals surface area contributed by atoms with Crippen LogP contribution in [0.25, 0.3) is 11.3 Å². The molecule has 0 radical (unpaired) electrons. The molecule has 0 amide bonds. The van der Waals surface area contributed by atoms with Crippen LogP contribution < -0.4 is 4.90 Å². The minimum absolute atomic E-state index is 0.421. The molecule has 0 N–H and O–H groups in total. The first-order valence-electron chi connectivity index (χ1n) is 8.20. The van der Waals surface area contributed by atoms with Gasteiger partial charge in [-0.15, -0.1) is 0 Å². The Bertz CT molecular complexity index is 700. The molecule has 0 aliphatic carbocycles. The largest absolute Gasteiger partial charge is 0.378 e. The van der Waals surface area contributed by atoms with E-state index in [1.165, 1.54) is 0 Å². The fourth-order valence-electron chi connectivity index (χ4n) is 3.75. The summed E-state index contributed by atoms with van der Waals surface area (Å²) in [6.07, 6.45) is 2.61. The first-order chi connectivity index (χ1) is 11.2. The van der Waals surface area contributed by atoms with E-state index in [0.29, 0.717) is 34.9 Å².